The SMILES string of the molecule is C[P+](C)(C)Oc1ccccc1O[P+](C)(C)Oc1ccccc1. The van der Waals surface area contributed by atoms with Crippen molar-refractivity contribution in [3.05, 3.63) is 54.6 Å². The average Bonchev–Trinajstić information content (AvgIpc) is 2.40. The molecule has 5 heteroatoms. The first kappa shape index (κ1) is 17.1. The summed E-state index contributed by atoms with van der Waals surface area (Å²) >= 11 is 0. The Bertz CT molecular complexity index is 607. The number of rotatable bonds is 6. The molecule has 3 nitrogen and oxygen atoms in total. The molecular formula is C17H24O3P2+2. The molecule has 0 saturated heterocycles. The minimum absolute atomic E-state index is 0.742. The van der Waals surface area contributed by atoms with Crippen molar-refractivity contribution in [2.45, 2.75) is 0 Å². The molecule has 0 aliphatic heterocycles. The van der Waals surface area contributed by atoms with E-state index in [1.165, 1.54) is 0 Å². The standard InChI is InChI=1S/C17H24O3P2/c1-21(2,3)19-16-13-9-10-14-17(16)20-22(4,5)18-15-11-7-6-8-12-15/h6-14H,1-5H3/q+2. The van der Waals surface area contributed by atoms with Crippen molar-refractivity contribution in [2.24, 2.45) is 0 Å². The Hall–Kier alpha value is -1.30. The molecule has 0 N–H and O–H groups in total. The Morgan fingerprint density at radius 3 is 1.64 bits per heavy atom. The summed E-state index contributed by atoms with van der Waals surface area (Å²) in [6.07, 6.45) is 0. The van der Waals surface area contributed by atoms with Gasteiger partial charge in [0.15, 0.2) is 13.2 Å². The minimum Gasteiger partial charge on any atom is -0.348 e. The number of benzene rings is 2. The van der Waals surface area contributed by atoms with Crippen LogP contribution in [0.15, 0.2) is 54.6 Å². The molecule has 0 spiro atoms. The third-order valence-electron chi connectivity index (χ3n) is 2.61. The molecule has 118 valence electrons. The lowest BCUT2D eigenvalue weighted by molar-refractivity contribution is 0.459. The van der Waals surface area contributed by atoms with Gasteiger partial charge in [0.05, 0.1) is 20.0 Å². The van der Waals surface area contributed by atoms with Gasteiger partial charge in [-0.1, -0.05) is 30.3 Å². The van der Waals surface area contributed by atoms with E-state index in [0.717, 1.165) is 17.2 Å². The maximum atomic E-state index is 6.16. The molecule has 22 heavy (non-hydrogen) atoms. The van der Waals surface area contributed by atoms with Crippen molar-refractivity contribution in [3.63, 3.8) is 0 Å². The summed E-state index contributed by atoms with van der Waals surface area (Å²) in [6, 6.07) is 17.5. The summed E-state index contributed by atoms with van der Waals surface area (Å²) in [5, 5.41) is 0. The van der Waals surface area contributed by atoms with Crippen LogP contribution in [0.1, 0.15) is 0 Å². The normalized spacial score (nSPS) is 11.9. The van der Waals surface area contributed by atoms with Crippen molar-refractivity contribution in [3.8, 4) is 17.2 Å². The number of para-hydroxylation sites is 3. The van der Waals surface area contributed by atoms with Gasteiger partial charge in [-0.2, -0.15) is 0 Å². The van der Waals surface area contributed by atoms with Gasteiger partial charge in [0.25, 0.3) is 0 Å². The molecule has 2 aromatic rings. The van der Waals surface area contributed by atoms with Crippen LogP contribution in [0.4, 0.5) is 0 Å². The van der Waals surface area contributed by atoms with Crippen molar-refractivity contribution >= 4 is 15.2 Å². The van der Waals surface area contributed by atoms with E-state index in [0.29, 0.717) is 0 Å². The molecule has 0 atom stereocenters. The molecule has 0 saturated carbocycles. The van der Waals surface area contributed by atoms with Gasteiger partial charge < -0.3 is 13.6 Å². The fourth-order valence-corrected chi connectivity index (χ4v) is 3.92. The lowest BCUT2D eigenvalue weighted by atomic mass is 10.3. The molecule has 0 aliphatic carbocycles. The van der Waals surface area contributed by atoms with Crippen molar-refractivity contribution in [1.29, 1.82) is 0 Å². The van der Waals surface area contributed by atoms with Crippen LogP contribution < -0.4 is 13.6 Å². The van der Waals surface area contributed by atoms with E-state index in [4.69, 9.17) is 13.6 Å². The summed E-state index contributed by atoms with van der Waals surface area (Å²) in [5.74, 6) is 2.35. The molecule has 0 bridgehead atoms. The zero-order valence-corrected chi connectivity index (χ0v) is 15.6. The Morgan fingerprint density at radius 2 is 1.09 bits per heavy atom. The third-order valence-corrected chi connectivity index (χ3v) is 4.64. The predicted octanol–water partition coefficient (Wildman–Crippen LogP) is 5.45. The molecule has 0 heterocycles. The maximum Gasteiger partial charge on any atom is 0.358 e. The molecule has 0 radical (unpaired) electrons. The highest BCUT2D eigenvalue weighted by atomic mass is 31.2. The highest BCUT2D eigenvalue weighted by Crippen LogP contribution is 2.57. The molecule has 2 aromatic carbocycles. The van der Waals surface area contributed by atoms with Crippen LogP contribution in [-0.2, 0) is 0 Å². The summed E-state index contributed by atoms with van der Waals surface area (Å²) in [6.45, 7) is 10.4. The fraction of sp³-hybridized carbons (Fsp3) is 0.294. The smallest absolute Gasteiger partial charge is 0.348 e. The predicted molar refractivity (Wildman–Crippen MR) is 98.2 cm³/mol. The van der Waals surface area contributed by atoms with Gasteiger partial charge in [0.1, 0.15) is 13.3 Å². The Balaban J connectivity index is 2.15. The van der Waals surface area contributed by atoms with Gasteiger partial charge in [0.2, 0.25) is 11.5 Å². The minimum atomic E-state index is -2.05. The fourth-order valence-electron chi connectivity index (χ4n) is 1.89. The highest BCUT2D eigenvalue weighted by Gasteiger charge is 2.34. The zero-order valence-electron chi connectivity index (χ0n) is 13.8. The highest BCUT2D eigenvalue weighted by molar-refractivity contribution is 7.69. The monoisotopic (exact) mass is 338 g/mol. The first-order valence-electron chi connectivity index (χ1n) is 7.13. The van der Waals surface area contributed by atoms with Crippen molar-refractivity contribution in [2.75, 3.05) is 33.3 Å². The van der Waals surface area contributed by atoms with E-state index in [2.05, 4.69) is 20.0 Å². The number of hydrogen-bond donors (Lipinski definition) is 0. The van der Waals surface area contributed by atoms with E-state index >= 15 is 0 Å². The lowest BCUT2D eigenvalue weighted by Crippen LogP contribution is -2.07. The van der Waals surface area contributed by atoms with E-state index in [1.807, 2.05) is 67.9 Å². The van der Waals surface area contributed by atoms with E-state index < -0.39 is 15.2 Å². The van der Waals surface area contributed by atoms with Crippen LogP contribution in [0.25, 0.3) is 0 Å². The molecular weight excluding hydrogens is 314 g/mol. The van der Waals surface area contributed by atoms with Gasteiger partial charge in [0, 0.05) is 0 Å². The van der Waals surface area contributed by atoms with Crippen LogP contribution in [0.2, 0.25) is 0 Å². The quantitative estimate of drug-likeness (QED) is 0.655. The molecule has 0 unspecified atom stereocenters. The second kappa shape index (κ2) is 6.86. The first-order chi connectivity index (χ1) is 10.3. The second-order valence-corrected chi connectivity index (χ2v) is 13.0. The van der Waals surface area contributed by atoms with Gasteiger partial charge >= 0.3 is 7.72 Å². The summed E-state index contributed by atoms with van der Waals surface area (Å²) < 4.78 is 18.3. The van der Waals surface area contributed by atoms with Crippen molar-refractivity contribution < 1.29 is 13.6 Å². The van der Waals surface area contributed by atoms with E-state index in [9.17, 15) is 0 Å². The Morgan fingerprint density at radius 1 is 0.591 bits per heavy atom. The summed E-state index contributed by atoms with van der Waals surface area (Å²) in [7, 11) is -3.45. The van der Waals surface area contributed by atoms with E-state index in [-0.39, 0.29) is 0 Å². The number of hydrogen-bond acceptors (Lipinski definition) is 3. The average molecular weight is 338 g/mol. The lowest BCUT2D eigenvalue weighted by Gasteiger charge is -2.19. The molecule has 0 aromatic heterocycles. The topological polar surface area (TPSA) is 27.7 Å². The van der Waals surface area contributed by atoms with Gasteiger partial charge in [-0.3, -0.25) is 0 Å². The molecule has 0 amide bonds. The maximum absolute atomic E-state index is 6.16. The Labute approximate surface area is 134 Å². The Kier molecular flexibility index (Phi) is 5.32. The second-order valence-electron chi connectivity index (χ2n) is 6.18. The van der Waals surface area contributed by atoms with Crippen LogP contribution in [-0.4, -0.2) is 33.3 Å². The molecule has 0 fully saturated rings. The molecule has 2 rings (SSSR count). The largest absolute Gasteiger partial charge is 0.358 e. The van der Waals surface area contributed by atoms with Crippen LogP contribution in [0, 0.1) is 0 Å². The van der Waals surface area contributed by atoms with Crippen LogP contribution in [0.3, 0.4) is 0 Å². The van der Waals surface area contributed by atoms with Crippen LogP contribution in [0.5, 0.6) is 17.2 Å². The van der Waals surface area contributed by atoms with Crippen molar-refractivity contribution in [1.82, 2.24) is 0 Å². The molecule has 0 aliphatic rings. The zero-order chi connectivity index (χ0) is 16.2. The first-order valence-corrected chi connectivity index (χ1v) is 12.7. The van der Waals surface area contributed by atoms with E-state index in [1.54, 1.807) is 0 Å². The van der Waals surface area contributed by atoms with Gasteiger partial charge in [-0.15, -0.1) is 0 Å². The van der Waals surface area contributed by atoms with Gasteiger partial charge in [-0.25, -0.2) is 0 Å². The van der Waals surface area contributed by atoms with Gasteiger partial charge in [-0.05, 0) is 24.3 Å². The van der Waals surface area contributed by atoms with Crippen LogP contribution >= 0.6 is 15.2 Å². The summed E-state index contributed by atoms with van der Waals surface area (Å²) in [5.41, 5.74) is 0. The third kappa shape index (κ3) is 5.48. The summed E-state index contributed by atoms with van der Waals surface area (Å²) in [4.78, 5) is 0.